The van der Waals surface area contributed by atoms with E-state index in [9.17, 15) is 18.3 Å². The first-order valence-electron chi connectivity index (χ1n) is 6.01. The highest BCUT2D eigenvalue weighted by Gasteiger charge is 2.28. The normalized spacial score (nSPS) is 15.2. The largest absolute Gasteiger partial charge is 0.480 e. The van der Waals surface area contributed by atoms with Gasteiger partial charge < -0.3 is 10.2 Å². The van der Waals surface area contributed by atoms with Crippen molar-refractivity contribution >= 4 is 16.0 Å². The minimum absolute atomic E-state index is 0.125. The number of carboxylic acid groups (broad SMARTS) is 1. The van der Waals surface area contributed by atoms with Crippen molar-refractivity contribution < 1.29 is 23.4 Å². The molecule has 0 saturated carbocycles. The Morgan fingerprint density at radius 2 is 2.15 bits per heavy atom. The highest BCUT2D eigenvalue weighted by molar-refractivity contribution is 7.89. The van der Waals surface area contributed by atoms with Gasteiger partial charge in [-0.2, -0.15) is 5.10 Å². The van der Waals surface area contributed by atoms with Crippen molar-refractivity contribution in [1.82, 2.24) is 14.5 Å². The van der Waals surface area contributed by atoms with Gasteiger partial charge in [0.25, 0.3) is 0 Å². The molecule has 1 aromatic rings. The molecule has 0 aliphatic heterocycles. The van der Waals surface area contributed by atoms with E-state index in [1.165, 1.54) is 6.92 Å². The smallest absolute Gasteiger partial charge is 0.325 e. The Kier molecular flexibility index (Phi) is 4.90. The molecular weight excluding hydrogens is 286 g/mol. The number of aliphatic hydroxyl groups is 1. The Hall–Kier alpha value is -1.45. The van der Waals surface area contributed by atoms with Crippen molar-refractivity contribution in [3.8, 4) is 0 Å². The second-order valence-electron chi connectivity index (χ2n) is 5.10. The fourth-order valence-corrected chi connectivity index (χ4v) is 2.33. The Bertz CT molecular complexity index is 577. The van der Waals surface area contributed by atoms with Gasteiger partial charge in [0.1, 0.15) is 11.4 Å². The van der Waals surface area contributed by atoms with E-state index in [1.54, 1.807) is 13.8 Å². The molecule has 0 bridgehead atoms. The first-order valence-corrected chi connectivity index (χ1v) is 7.49. The van der Waals surface area contributed by atoms with Crippen LogP contribution in [0, 0.1) is 5.92 Å². The highest BCUT2D eigenvalue weighted by Crippen LogP contribution is 2.16. The number of carboxylic acids is 1. The van der Waals surface area contributed by atoms with Crippen molar-refractivity contribution in [3.05, 3.63) is 12.4 Å². The quantitative estimate of drug-likeness (QED) is 0.633. The molecule has 1 unspecified atom stereocenters. The lowest BCUT2D eigenvalue weighted by molar-refractivity contribution is -0.137. The zero-order valence-corrected chi connectivity index (χ0v) is 12.4. The molecule has 0 aromatic carbocycles. The summed E-state index contributed by atoms with van der Waals surface area (Å²) in [6.07, 6.45) is 2.19. The van der Waals surface area contributed by atoms with Crippen molar-refractivity contribution in [2.45, 2.75) is 37.8 Å². The molecular formula is C11H19N3O5S. The molecule has 0 aliphatic rings. The van der Waals surface area contributed by atoms with Crippen molar-refractivity contribution in [3.63, 3.8) is 0 Å². The van der Waals surface area contributed by atoms with Gasteiger partial charge in [0.15, 0.2) is 0 Å². The summed E-state index contributed by atoms with van der Waals surface area (Å²) >= 11 is 0. The average Bonchev–Trinajstić information content (AvgIpc) is 2.75. The van der Waals surface area contributed by atoms with Gasteiger partial charge in [-0.05, 0) is 12.8 Å². The van der Waals surface area contributed by atoms with E-state index in [2.05, 4.69) is 9.82 Å². The zero-order valence-electron chi connectivity index (χ0n) is 11.6. The number of aromatic nitrogens is 2. The number of hydrogen-bond acceptors (Lipinski definition) is 5. The Balaban J connectivity index is 2.79. The minimum Gasteiger partial charge on any atom is -0.480 e. The molecule has 114 valence electrons. The van der Waals surface area contributed by atoms with Crippen molar-refractivity contribution in [1.29, 1.82) is 0 Å². The van der Waals surface area contributed by atoms with Crippen LogP contribution in [0.15, 0.2) is 17.3 Å². The molecule has 9 heteroatoms. The molecule has 0 fully saturated rings. The molecule has 8 nitrogen and oxygen atoms in total. The van der Waals surface area contributed by atoms with Crippen LogP contribution in [-0.2, 0) is 21.4 Å². The number of nitrogens with one attached hydrogen (secondary N) is 1. The van der Waals surface area contributed by atoms with Crippen LogP contribution < -0.4 is 4.72 Å². The van der Waals surface area contributed by atoms with Crippen LogP contribution in [0.5, 0.6) is 0 Å². The summed E-state index contributed by atoms with van der Waals surface area (Å²) in [5.41, 5.74) is -1.18. The topological polar surface area (TPSA) is 122 Å². The molecule has 0 radical (unpaired) electrons. The van der Waals surface area contributed by atoms with Gasteiger partial charge in [-0.3, -0.25) is 9.48 Å². The van der Waals surface area contributed by atoms with Crippen LogP contribution in [0.1, 0.15) is 20.8 Å². The molecule has 20 heavy (non-hydrogen) atoms. The summed E-state index contributed by atoms with van der Waals surface area (Å²) in [6.45, 7) is 4.53. The predicted molar refractivity (Wildman–Crippen MR) is 70.5 cm³/mol. The molecule has 0 spiro atoms. The van der Waals surface area contributed by atoms with E-state index in [0.29, 0.717) is 0 Å². The van der Waals surface area contributed by atoms with Gasteiger partial charge in [0.2, 0.25) is 10.0 Å². The Morgan fingerprint density at radius 3 is 2.65 bits per heavy atom. The molecule has 3 N–H and O–H groups in total. The molecule has 1 aromatic heterocycles. The Labute approximate surface area is 117 Å². The van der Waals surface area contributed by atoms with Crippen LogP contribution in [0.4, 0.5) is 0 Å². The summed E-state index contributed by atoms with van der Waals surface area (Å²) in [6, 6.07) is 0. The van der Waals surface area contributed by atoms with Crippen LogP contribution in [-0.4, -0.2) is 46.5 Å². The fourth-order valence-electron chi connectivity index (χ4n) is 1.24. The van der Waals surface area contributed by atoms with Gasteiger partial charge in [-0.25, -0.2) is 13.1 Å². The summed E-state index contributed by atoms with van der Waals surface area (Å²) in [4.78, 5) is 10.4. The third kappa shape index (κ3) is 4.29. The number of rotatable bonds is 7. The number of sulfonamides is 1. The van der Waals surface area contributed by atoms with Gasteiger partial charge in [0.05, 0.1) is 11.8 Å². The summed E-state index contributed by atoms with van der Waals surface area (Å²) < 4.78 is 27.3. The lowest BCUT2D eigenvalue weighted by atomic mass is 9.93. The maximum absolute atomic E-state index is 12.0. The zero-order chi connectivity index (χ0) is 15.6. The molecule has 1 atom stereocenters. The average molecular weight is 305 g/mol. The number of nitrogens with zero attached hydrogens (tertiary/aromatic N) is 2. The maximum atomic E-state index is 12.0. The lowest BCUT2D eigenvalue weighted by Crippen LogP contribution is -2.44. The van der Waals surface area contributed by atoms with Gasteiger partial charge in [-0.1, -0.05) is 13.8 Å². The first kappa shape index (κ1) is 16.6. The SMILES string of the molecule is CC(C)C(C)(O)CNS(=O)(=O)c1cnn(CC(=O)O)c1. The van der Waals surface area contributed by atoms with Gasteiger partial charge in [0, 0.05) is 12.7 Å². The maximum Gasteiger partial charge on any atom is 0.325 e. The molecule has 0 saturated heterocycles. The summed E-state index contributed by atoms with van der Waals surface area (Å²) in [5, 5.41) is 22.2. The van der Waals surface area contributed by atoms with E-state index < -0.39 is 28.1 Å². The molecule has 0 amide bonds. The first-order chi connectivity index (χ1) is 9.04. The van der Waals surface area contributed by atoms with Crippen molar-refractivity contribution in [2.75, 3.05) is 6.54 Å². The standard InChI is InChI=1S/C11H19N3O5S/c1-8(2)11(3,17)7-13-20(18,19)9-4-12-14(5-9)6-10(15)16/h4-5,8,13,17H,6-7H2,1-3H3,(H,15,16). The van der Waals surface area contributed by atoms with Gasteiger partial charge >= 0.3 is 5.97 Å². The van der Waals surface area contributed by atoms with Crippen LogP contribution in [0.25, 0.3) is 0 Å². The highest BCUT2D eigenvalue weighted by atomic mass is 32.2. The third-order valence-corrected chi connectivity index (χ3v) is 4.44. The monoisotopic (exact) mass is 305 g/mol. The second-order valence-corrected chi connectivity index (χ2v) is 6.87. The lowest BCUT2D eigenvalue weighted by Gasteiger charge is -2.27. The Morgan fingerprint density at radius 1 is 1.55 bits per heavy atom. The number of hydrogen-bond donors (Lipinski definition) is 3. The molecule has 1 heterocycles. The van der Waals surface area contributed by atoms with Gasteiger partial charge in [-0.15, -0.1) is 0 Å². The second kappa shape index (κ2) is 5.90. The van der Waals surface area contributed by atoms with E-state index in [0.717, 1.165) is 17.1 Å². The van der Waals surface area contributed by atoms with E-state index >= 15 is 0 Å². The third-order valence-electron chi connectivity index (χ3n) is 3.08. The molecule has 0 aliphatic carbocycles. The minimum atomic E-state index is -3.83. The summed E-state index contributed by atoms with van der Waals surface area (Å²) in [7, 11) is -3.83. The number of aliphatic carboxylic acids is 1. The van der Waals surface area contributed by atoms with Crippen LogP contribution in [0.3, 0.4) is 0 Å². The molecule has 1 rings (SSSR count). The van der Waals surface area contributed by atoms with Crippen LogP contribution >= 0.6 is 0 Å². The predicted octanol–water partition coefficient (Wildman–Crippen LogP) is -0.347. The number of carbonyl (C=O) groups is 1. The van der Waals surface area contributed by atoms with E-state index in [4.69, 9.17) is 5.11 Å². The fraction of sp³-hybridized carbons (Fsp3) is 0.636. The van der Waals surface area contributed by atoms with E-state index in [1.807, 2.05) is 0 Å². The van der Waals surface area contributed by atoms with Crippen LogP contribution in [0.2, 0.25) is 0 Å². The summed E-state index contributed by atoms with van der Waals surface area (Å²) in [5.74, 6) is -1.24. The van der Waals surface area contributed by atoms with Crippen molar-refractivity contribution in [2.24, 2.45) is 5.92 Å². The van der Waals surface area contributed by atoms with E-state index in [-0.39, 0.29) is 17.4 Å².